The van der Waals surface area contributed by atoms with Gasteiger partial charge in [-0.3, -0.25) is 10.1 Å². The van der Waals surface area contributed by atoms with E-state index in [1.54, 1.807) is 22.5 Å². The third-order valence-electron chi connectivity index (χ3n) is 5.11. The number of benzene rings is 1. The predicted octanol–water partition coefficient (Wildman–Crippen LogP) is 3.71. The van der Waals surface area contributed by atoms with Crippen LogP contribution in [0.5, 0.6) is 0 Å². The summed E-state index contributed by atoms with van der Waals surface area (Å²) in [4.78, 5) is 33.4. The average molecular weight is 458 g/mol. The molecule has 0 bridgehead atoms. The number of aromatic nitrogens is 1. The highest BCUT2D eigenvalue weighted by molar-refractivity contribution is 7.14. The second-order valence-corrected chi connectivity index (χ2v) is 8.10. The fourth-order valence-corrected chi connectivity index (χ4v) is 4.14. The Kier molecular flexibility index (Phi) is 6.60. The molecule has 0 saturated carbocycles. The highest BCUT2D eigenvalue weighted by atomic mass is 32.1. The first-order valence-corrected chi connectivity index (χ1v) is 10.9. The third kappa shape index (κ3) is 5.02. The topological polar surface area (TPSA) is 77.6 Å². The summed E-state index contributed by atoms with van der Waals surface area (Å²) in [5, 5.41) is 7.62. The molecule has 0 atom stereocenters. The maximum atomic E-state index is 13.3. The van der Waals surface area contributed by atoms with E-state index in [1.807, 2.05) is 18.2 Å². The number of carbonyl (C=O) groups excluding carboxylic acids is 2. The lowest BCUT2D eigenvalue weighted by Gasteiger charge is -2.35. The lowest BCUT2D eigenvalue weighted by atomic mass is 10.2. The van der Waals surface area contributed by atoms with Crippen molar-refractivity contribution in [3.63, 3.8) is 0 Å². The second kappa shape index (κ2) is 9.73. The van der Waals surface area contributed by atoms with E-state index in [0.717, 1.165) is 18.0 Å². The predicted molar refractivity (Wildman–Crippen MR) is 119 cm³/mol. The van der Waals surface area contributed by atoms with Gasteiger partial charge in [0.05, 0.1) is 5.56 Å². The van der Waals surface area contributed by atoms with Crippen LogP contribution in [-0.2, 0) is 6.54 Å². The Hall–Kier alpha value is -3.53. The molecular formula is C22H21F2N5O2S. The number of pyridine rings is 1. The SMILES string of the molecule is O=C(NCc1ccc(F)c(F)c1)c1ccsc1NC(=O)N1CCN(c2ccccn2)CC1. The molecule has 3 aromatic rings. The number of hydrogen-bond acceptors (Lipinski definition) is 5. The van der Waals surface area contributed by atoms with Gasteiger partial charge in [0.25, 0.3) is 5.91 Å². The first kappa shape index (κ1) is 21.7. The number of nitrogens with one attached hydrogen (secondary N) is 2. The van der Waals surface area contributed by atoms with Gasteiger partial charge < -0.3 is 15.1 Å². The van der Waals surface area contributed by atoms with Gasteiger partial charge in [-0.25, -0.2) is 18.6 Å². The fourth-order valence-electron chi connectivity index (χ4n) is 3.37. The zero-order valence-corrected chi connectivity index (χ0v) is 17.9. The molecule has 7 nitrogen and oxygen atoms in total. The number of nitrogens with zero attached hydrogens (tertiary/aromatic N) is 3. The van der Waals surface area contributed by atoms with Crippen LogP contribution in [0.2, 0.25) is 0 Å². The number of thiophene rings is 1. The average Bonchev–Trinajstić information content (AvgIpc) is 3.28. The van der Waals surface area contributed by atoms with Crippen molar-refractivity contribution in [1.82, 2.24) is 15.2 Å². The minimum Gasteiger partial charge on any atom is -0.353 e. The molecule has 2 N–H and O–H groups in total. The molecule has 32 heavy (non-hydrogen) atoms. The van der Waals surface area contributed by atoms with E-state index in [2.05, 4.69) is 20.5 Å². The summed E-state index contributed by atoms with van der Waals surface area (Å²) in [6.07, 6.45) is 1.74. The van der Waals surface area contributed by atoms with Crippen LogP contribution >= 0.6 is 11.3 Å². The number of anilines is 2. The molecule has 0 unspecified atom stereocenters. The van der Waals surface area contributed by atoms with Gasteiger partial charge >= 0.3 is 6.03 Å². The van der Waals surface area contributed by atoms with Gasteiger partial charge in [0.2, 0.25) is 0 Å². The zero-order valence-electron chi connectivity index (χ0n) is 17.1. The highest BCUT2D eigenvalue weighted by Gasteiger charge is 2.23. The molecule has 1 fully saturated rings. The second-order valence-electron chi connectivity index (χ2n) is 7.19. The van der Waals surface area contributed by atoms with Crippen molar-refractivity contribution >= 4 is 34.1 Å². The molecular weight excluding hydrogens is 436 g/mol. The lowest BCUT2D eigenvalue weighted by molar-refractivity contribution is 0.0952. The van der Waals surface area contributed by atoms with Crippen LogP contribution in [0.15, 0.2) is 54.0 Å². The smallest absolute Gasteiger partial charge is 0.322 e. The summed E-state index contributed by atoms with van der Waals surface area (Å²) in [6.45, 7) is 2.43. The van der Waals surface area contributed by atoms with E-state index in [9.17, 15) is 18.4 Å². The Morgan fingerprint density at radius 3 is 2.56 bits per heavy atom. The lowest BCUT2D eigenvalue weighted by Crippen LogP contribution is -2.50. The van der Waals surface area contributed by atoms with Crippen molar-refractivity contribution < 1.29 is 18.4 Å². The molecule has 2 aromatic heterocycles. The number of amides is 3. The molecule has 0 radical (unpaired) electrons. The molecule has 0 spiro atoms. The van der Waals surface area contributed by atoms with Gasteiger partial charge in [-0.2, -0.15) is 0 Å². The molecule has 0 aliphatic carbocycles. The third-order valence-corrected chi connectivity index (χ3v) is 5.94. The monoisotopic (exact) mass is 457 g/mol. The van der Waals surface area contributed by atoms with E-state index in [0.29, 0.717) is 42.3 Å². The molecule has 3 amide bonds. The van der Waals surface area contributed by atoms with Crippen molar-refractivity contribution in [3.8, 4) is 0 Å². The van der Waals surface area contributed by atoms with Gasteiger partial charge in [0, 0.05) is 38.9 Å². The van der Waals surface area contributed by atoms with E-state index in [1.165, 1.54) is 17.4 Å². The van der Waals surface area contributed by atoms with E-state index in [-0.39, 0.29) is 12.6 Å². The van der Waals surface area contributed by atoms with E-state index < -0.39 is 17.5 Å². The minimum absolute atomic E-state index is 0.0365. The number of urea groups is 1. The molecule has 3 heterocycles. The van der Waals surface area contributed by atoms with Gasteiger partial charge in [0.15, 0.2) is 11.6 Å². The fraction of sp³-hybridized carbons (Fsp3) is 0.227. The van der Waals surface area contributed by atoms with Crippen molar-refractivity contribution in [1.29, 1.82) is 0 Å². The van der Waals surface area contributed by atoms with Gasteiger partial charge in [-0.1, -0.05) is 12.1 Å². The summed E-state index contributed by atoms with van der Waals surface area (Å²) in [5.41, 5.74) is 0.752. The Balaban J connectivity index is 1.31. The molecule has 1 saturated heterocycles. The van der Waals surface area contributed by atoms with Crippen LogP contribution in [0.3, 0.4) is 0 Å². The Morgan fingerprint density at radius 1 is 1.03 bits per heavy atom. The van der Waals surface area contributed by atoms with Crippen LogP contribution in [0, 0.1) is 11.6 Å². The zero-order chi connectivity index (χ0) is 22.5. The molecule has 1 aromatic carbocycles. The molecule has 1 aliphatic rings. The Morgan fingerprint density at radius 2 is 1.84 bits per heavy atom. The standard InChI is InChI=1S/C22H21F2N5O2S/c23-17-5-4-15(13-18(17)24)14-26-20(30)16-6-12-32-21(16)27-22(31)29-10-8-28(9-11-29)19-3-1-2-7-25-19/h1-7,12-13H,8-11,14H2,(H,26,30)(H,27,31). The van der Waals surface area contributed by atoms with Gasteiger partial charge in [-0.15, -0.1) is 11.3 Å². The molecule has 4 rings (SSSR count). The number of hydrogen-bond donors (Lipinski definition) is 2. The summed E-state index contributed by atoms with van der Waals surface area (Å²) < 4.78 is 26.4. The van der Waals surface area contributed by atoms with Gasteiger partial charge in [-0.05, 0) is 41.3 Å². The van der Waals surface area contributed by atoms with E-state index in [4.69, 9.17) is 0 Å². The van der Waals surface area contributed by atoms with Crippen LogP contribution < -0.4 is 15.5 Å². The highest BCUT2D eigenvalue weighted by Crippen LogP contribution is 2.24. The summed E-state index contributed by atoms with van der Waals surface area (Å²) in [7, 11) is 0. The molecule has 1 aliphatic heterocycles. The van der Waals surface area contributed by atoms with Crippen LogP contribution in [0.1, 0.15) is 15.9 Å². The first-order chi connectivity index (χ1) is 15.5. The number of rotatable bonds is 5. The van der Waals surface area contributed by atoms with E-state index >= 15 is 0 Å². The molecule has 10 heteroatoms. The normalized spacial score (nSPS) is 13.7. The summed E-state index contributed by atoms with van der Waals surface area (Å²) in [6, 6.07) is 10.5. The largest absolute Gasteiger partial charge is 0.353 e. The maximum Gasteiger partial charge on any atom is 0.322 e. The summed E-state index contributed by atoms with van der Waals surface area (Å²) in [5.74, 6) is -1.44. The van der Waals surface area contributed by atoms with Crippen LogP contribution in [-0.4, -0.2) is 48.0 Å². The van der Waals surface area contributed by atoms with Crippen LogP contribution in [0.4, 0.5) is 24.4 Å². The number of halogens is 2. The maximum absolute atomic E-state index is 13.3. The molecule has 166 valence electrons. The number of carbonyl (C=O) groups is 2. The Bertz CT molecular complexity index is 1100. The quantitative estimate of drug-likeness (QED) is 0.613. The minimum atomic E-state index is -0.969. The van der Waals surface area contributed by atoms with Crippen molar-refractivity contribution in [3.05, 3.63) is 76.8 Å². The summed E-state index contributed by atoms with van der Waals surface area (Å²) >= 11 is 1.24. The number of piperazine rings is 1. The van der Waals surface area contributed by atoms with Crippen molar-refractivity contribution in [2.24, 2.45) is 0 Å². The first-order valence-electron chi connectivity index (χ1n) is 10.0. The van der Waals surface area contributed by atoms with Crippen molar-refractivity contribution in [2.45, 2.75) is 6.54 Å². The van der Waals surface area contributed by atoms with Gasteiger partial charge in [0.1, 0.15) is 10.8 Å². The Labute approximate surface area is 187 Å². The van der Waals surface area contributed by atoms with Crippen LogP contribution in [0.25, 0.3) is 0 Å². The van der Waals surface area contributed by atoms with Crippen molar-refractivity contribution in [2.75, 3.05) is 36.4 Å².